The predicted molar refractivity (Wildman–Crippen MR) is 89.4 cm³/mol. The summed E-state index contributed by atoms with van der Waals surface area (Å²) in [6.45, 7) is 0. The fourth-order valence-corrected chi connectivity index (χ4v) is 5.19. The van der Waals surface area contributed by atoms with Crippen molar-refractivity contribution >= 4 is 34.7 Å². The zero-order valence-corrected chi connectivity index (χ0v) is 13.8. The minimum absolute atomic E-state index is 0.111. The first-order valence-electron chi connectivity index (χ1n) is 6.77. The summed E-state index contributed by atoms with van der Waals surface area (Å²) in [5, 5.41) is 0.451. The van der Waals surface area contributed by atoms with Gasteiger partial charge in [0.25, 0.3) is 0 Å². The molecule has 112 valence electrons. The number of hydrazine groups is 1. The smallest absolute Gasteiger partial charge is 0.127 e. The lowest BCUT2D eigenvalue weighted by Gasteiger charge is -2.15. The highest BCUT2D eigenvalue weighted by molar-refractivity contribution is 7.98. The molecule has 0 saturated carbocycles. The summed E-state index contributed by atoms with van der Waals surface area (Å²) >= 11 is 9.84. The van der Waals surface area contributed by atoms with Crippen LogP contribution < -0.4 is 11.3 Å². The number of benzene rings is 1. The summed E-state index contributed by atoms with van der Waals surface area (Å²) in [5.74, 6) is 7.65. The zero-order valence-electron chi connectivity index (χ0n) is 11.4. The minimum Gasteiger partial charge on any atom is -0.271 e. The fraction of sp³-hybridized carbons (Fsp3) is 0.333. The van der Waals surface area contributed by atoms with E-state index in [0.717, 1.165) is 17.1 Å². The number of hydrogen-bond acceptors (Lipinski definition) is 4. The van der Waals surface area contributed by atoms with Crippen molar-refractivity contribution in [3.63, 3.8) is 0 Å². The Morgan fingerprint density at radius 2 is 2.29 bits per heavy atom. The van der Waals surface area contributed by atoms with Gasteiger partial charge in [-0.3, -0.25) is 11.3 Å². The lowest BCUT2D eigenvalue weighted by Crippen LogP contribution is -2.29. The van der Waals surface area contributed by atoms with E-state index in [1.807, 2.05) is 11.8 Å². The Morgan fingerprint density at radius 3 is 3.00 bits per heavy atom. The van der Waals surface area contributed by atoms with Crippen LogP contribution in [0.3, 0.4) is 0 Å². The van der Waals surface area contributed by atoms with Crippen molar-refractivity contribution < 1.29 is 4.39 Å². The Kier molecular flexibility index (Phi) is 4.86. The van der Waals surface area contributed by atoms with Crippen LogP contribution in [0.2, 0.25) is 5.02 Å². The number of nitrogens with two attached hydrogens (primary N) is 1. The number of hydrogen-bond donors (Lipinski definition) is 2. The van der Waals surface area contributed by atoms with Gasteiger partial charge in [0.15, 0.2) is 0 Å². The molecule has 1 unspecified atom stereocenters. The molecule has 21 heavy (non-hydrogen) atoms. The first kappa shape index (κ1) is 15.3. The third-order valence-electron chi connectivity index (χ3n) is 3.66. The third kappa shape index (κ3) is 3.27. The van der Waals surface area contributed by atoms with Crippen molar-refractivity contribution in [2.24, 2.45) is 5.84 Å². The van der Waals surface area contributed by atoms with Gasteiger partial charge in [0.1, 0.15) is 5.82 Å². The summed E-state index contributed by atoms with van der Waals surface area (Å²) in [4.78, 5) is 2.59. The number of aryl methyl sites for hydroxylation is 1. The first-order chi connectivity index (χ1) is 10.2. The van der Waals surface area contributed by atoms with Crippen LogP contribution in [0.5, 0.6) is 0 Å². The normalized spacial score (nSPS) is 15.8. The van der Waals surface area contributed by atoms with Crippen LogP contribution >= 0.6 is 34.7 Å². The molecule has 0 aliphatic carbocycles. The van der Waals surface area contributed by atoms with Crippen molar-refractivity contribution in [3.8, 4) is 0 Å². The van der Waals surface area contributed by atoms with Gasteiger partial charge in [0.2, 0.25) is 0 Å². The minimum atomic E-state index is -0.278. The molecule has 6 heteroatoms. The van der Waals surface area contributed by atoms with E-state index in [1.165, 1.54) is 22.3 Å². The Hall–Kier alpha value is -0.590. The highest BCUT2D eigenvalue weighted by Gasteiger charge is 2.21. The second kappa shape index (κ2) is 6.67. The zero-order chi connectivity index (χ0) is 14.8. The van der Waals surface area contributed by atoms with E-state index in [2.05, 4.69) is 11.5 Å². The molecule has 1 aliphatic heterocycles. The van der Waals surface area contributed by atoms with Gasteiger partial charge in [-0.2, -0.15) is 11.8 Å². The second-order valence-electron chi connectivity index (χ2n) is 5.02. The van der Waals surface area contributed by atoms with Gasteiger partial charge < -0.3 is 0 Å². The molecule has 0 spiro atoms. The average molecular weight is 343 g/mol. The number of thiophene rings is 1. The summed E-state index contributed by atoms with van der Waals surface area (Å²) in [5.41, 5.74) is 4.72. The van der Waals surface area contributed by atoms with Gasteiger partial charge in [-0.25, -0.2) is 4.39 Å². The molecule has 0 fully saturated rings. The largest absolute Gasteiger partial charge is 0.271 e. The van der Waals surface area contributed by atoms with Gasteiger partial charge in [0, 0.05) is 26.1 Å². The molecule has 2 heterocycles. The SMILES string of the molecule is NNC(Cc1c(F)cccc1Cl)c1cc2c(s1)CCSC2. The predicted octanol–water partition coefficient (Wildman–Crippen LogP) is 4.08. The molecule has 2 nitrogen and oxygen atoms in total. The highest BCUT2D eigenvalue weighted by Crippen LogP contribution is 2.36. The molecule has 2 aromatic rings. The molecule has 3 rings (SSSR count). The monoisotopic (exact) mass is 342 g/mol. The van der Waals surface area contributed by atoms with Gasteiger partial charge in [-0.05, 0) is 42.4 Å². The Labute approximate surface area is 136 Å². The molecule has 0 bridgehead atoms. The Balaban J connectivity index is 1.87. The van der Waals surface area contributed by atoms with Crippen LogP contribution in [-0.2, 0) is 18.6 Å². The van der Waals surface area contributed by atoms with Gasteiger partial charge in [-0.1, -0.05) is 17.7 Å². The van der Waals surface area contributed by atoms with Crippen LogP contribution in [0.25, 0.3) is 0 Å². The average Bonchev–Trinajstić information content (AvgIpc) is 2.90. The molecule has 1 aliphatic rings. The molecular formula is C15H16ClFN2S2. The number of fused-ring (bicyclic) bond motifs is 1. The van der Waals surface area contributed by atoms with Gasteiger partial charge in [0.05, 0.1) is 6.04 Å². The van der Waals surface area contributed by atoms with E-state index >= 15 is 0 Å². The molecule has 0 saturated heterocycles. The fourth-order valence-electron chi connectivity index (χ4n) is 2.52. The number of nitrogens with one attached hydrogen (secondary N) is 1. The molecule has 1 atom stereocenters. The molecule has 3 N–H and O–H groups in total. The van der Waals surface area contributed by atoms with Crippen molar-refractivity contribution in [3.05, 3.63) is 56.0 Å². The number of thioether (sulfide) groups is 1. The molecule has 0 radical (unpaired) electrons. The van der Waals surface area contributed by atoms with E-state index < -0.39 is 0 Å². The Bertz CT molecular complexity index is 601. The summed E-state index contributed by atoms with van der Waals surface area (Å²) in [7, 11) is 0. The highest BCUT2D eigenvalue weighted by atomic mass is 35.5. The summed E-state index contributed by atoms with van der Waals surface area (Å²) in [6, 6.07) is 6.85. The second-order valence-corrected chi connectivity index (χ2v) is 7.70. The first-order valence-corrected chi connectivity index (χ1v) is 9.12. The van der Waals surface area contributed by atoms with Crippen LogP contribution in [0, 0.1) is 5.82 Å². The topological polar surface area (TPSA) is 38.0 Å². The molecular weight excluding hydrogens is 327 g/mol. The maximum atomic E-state index is 13.9. The van der Waals surface area contributed by atoms with Crippen molar-refractivity contribution in [2.75, 3.05) is 5.75 Å². The maximum absolute atomic E-state index is 13.9. The van der Waals surface area contributed by atoms with Crippen LogP contribution in [0.4, 0.5) is 4.39 Å². The number of rotatable bonds is 4. The van der Waals surface area contributed by atoms with Crippen molar-refractivity contribution in [1.82, 2.24) is 5.43 Å². The maximum Gasteiger partial charge on any atom is 0.127 e. The van der Waals surface area contributed by atoms with E-state index in [1.54, 1.807) is 23.5 Å². The molecule has 1 aromatic carbocycles. The van der Waals surface area contributed by atoms with E-state index in [0.29, 0.717) is 17.0 Å². The lowest BCUT2D eigenvalue weighted by molar-refractivity contribution is 0.535. The van der Waals surface area contributed by atoms with E-state index in [9.17, 15) is 4.39 Å². The van der Waals surface area contributed by atoms with Crippen LogP contribution in [0.15, 0.2) is 24.3 Å². The summed E-state index contributed by atoms with van der Waals surface area (Å²) < 4.78 is 13.9. The quantitative estimate of drug-likeness (QED) is 0.649. The number of halogens is 2. The Morgan fingerprint density at radius 1 is 1.43 bits per heavy atom. The van der Waals surface area contributed by atoms with Gasteiger partial charge >= 0.3 is 0 Å². The van der Waals surface area contributed by atoms with Crippen LogP contribution in [0.1, 0.15) is 26.9 Å². The third-order valence-corrected chi connectivity index (χ3v) is 6.37. The van der Waals surface area contributed by atoms with Crippen molar-refractivity contribution in [2.45, 2.75) is 24.6 Å². The van der Waals surface area contributed by atoms with Gasteiger partial charge in [-0.15, -0.1) is 11.3 Å². The standard InChI is InChI=1S/C15H16ClFN2S2/c16-11-2-1-3-12(17)10(11)7-13(19-18)15-6-9-8-20-5-4-14(9)21-15/h1-3,6,13,19H,4-5,7-8,18H2. The molecule has 0 amide bonds. The van der Waals surface area contributed by atoms with E-state index in [-0.39, 0.29) is 11.9 Å². The lowest BCUT2D eigenvalue weighted by atomic mass is 10.0. The molecule has 1 aromatic heterocycles. The summed E-state index contributed by atoms with van der Waals surface area (Å²) in [6.07, 6.45) is 1.57. The van der Waals surface area contributed by atoms with Crippen LogP contribution in [-0.4, -0.2) is 5.75 Å². The van der Waals surface area contributed by atoms with Crippen molar-refractivity contribution in [1.29, 1.82) is 0 Å². The van der Waals surface area contributed by atoms with E-state index in [4.69, 9.17) is 17.4 Å².